The van der Waals surface area contributed by atoms with Crippen molar-refractivity contribution in [1.82, 2.24) is 9.88 Å². The number of piperidine rings is 1. The highest BCUT2D eigenvalue weighted by molar-refractivity contribution is 7.15. The Hall–Kier alpha value is -0.690. The fourth-order valence-corrected chi connectivity index (χ4v) is 3.76. The first kappa shape index (κ1) is 15.2. The van der Waals surface area contributed by atoms with E-state index in [9.17, 15) is 0 Å². The molecule has 3 rings (SSSR count). The summed E-state index contributed by atoms with van der Waals surface area (Å²) < 4.78 is 11.8. The van der Waals surface area contributed by atoms with Crippen LogP contribution < -0.4 is 5.73 Å². The minimum absolute atomic E-state index is 0.331. The molecule has 1 aromatic heterocycles. The summed E-state index contributed by atoms with van der Waals surface area (Å²) in [4.78, 5) is 7.82. The molecule has 2 N–H and O–H groups in total. The summed E-state index contributed by atoms with van der Waals surface area (Å²) in [5, 5.41) is 0.663. The molecule has 5 nitrogen and oxygen atoms in total. The Labute approximate surface area is 130 Å². The fourth-order valence-electron chi connectivity index (χ4n) is 3.03. The highest BCUT2D eigenvalue weighted by atomic mass is 32.1. The number of anilines is 1. The monoisotopic (exact) mass is 311 g/mol. The average Bonchev–Trinajstić information content (AvgIpc) is 2.93. The highest BCUT2D eigenvalue weighted by Crippen LogP contribution is 2.21. The van der Waals surface area contributed by atoms with Crippen LogP contribution in [0.3, 0.4) is 0 Å². The van der Waals surface area contributed by atoms with E-state index in [2.05, 4.69) is 9.88 Å². The van der Waals surface area contributed by atoms with Crippen molar-refractivity contribution in [3.8, 4) is 0 Å². The predicted molar refractivity (Wildman–Crippen MR) is 84.4 cm³/mol. The highest BCUT2D eigenvalue weighted by Gasteiger charge is 2.22. The molecule has 2 saturated heterocycles. The molecule has 118 valence electrons. The number of ether oxygens (including phenoxy) is 2. The third kappa shape index (κ3) is 4.64. The SMILES string of the molecule is Nc1ncc(CN2CCC(OCC3CCCCO3)CC2)s1. The largest absolute Gasteiger partial charge is 0.376 e. The van der Waals surface area contributed by atoms with Gasteiger partial charge in [-0.25, -0.2) is 4.98 Å². The van der Waals surface area contributed by atoms with E-state index in [4.69, 9.17) is 15.2 Å². The van der Waals surface area contributed by atoms with Crippen LogP contribution in [-0.4, -0.2) is 48.4 Å². The zero-order valence-electron chi connectivity index (χ0n) is 12.5. The number of nitrogen functional groups attached to an aromatic ring is 1. The average molecular weight is 311 g/mol. The maximum Gasteiger partial charge on any atom is 0.180 e. The quantitative estimate of drug-likeness (QED) is 0.904. The summed E-state index contributed by atoms with van der Waals surface area (Å²) >= 11 is 1.59. The zero-order chi connectivity index (χ0) is 14.5. The van der Waals surface area contributed by atoms with Gasteiger partial charge >= 0.3 is 0 Å². The Kier molecular flexibility index (Phi) is 5.46. The number of hydrogen-bond donors (Lipinski definition) is 1. The van der Waals surface area contributed by atoms with E-state index < -0.39 is 0 Å². The van der Waals surface area contributed by atoms with E-state index in [0.717, 1.165) is 52.1 Å². The number of likely N-dealkylation sites (tertiary alicyclic amines) is 1. The summed E-state index contributed by atoms with van der Waals surface area (Å²) in [5.74, 6) is 0. The molecule has 0 bridgehead atoms. The van der Waals surface area contributed by atoms with Gasteiger partial charge in [-0.1, -0.05) is 0 Å². The fraction of sp³-hybridized carbons (Fsp3) is 0.800. The molecule has 0 spiro atoms. The molecule has 2 aliphatic heterocycles. The number of nitrogens with zero attached hydrogens (tertiary/aromatic N) is 2. The number of hydrogen-bond acceptors (Lipinski definition) is 6. The van der Waals surface area contributed by atoms with Gasteiger partial charge in [-0.15, -0.1) is 11.3 Å². The molecule has 2 aliphatic rings. The Morgan fingerprint density at radius 1 is 1.33 bits per heavy atom. The lowest BCUT2D eigenvalue weighted by Crippen LogP contribution is -2.37. The third-order valence-electron chi connectivity index (χ3n) is 4.28. The molecule has 0 aliphatic carbocycles. The second-order valence-electron chi connectivity index (χ2n) is 5.96. The maximum absolute atomic E-state index is 6.04. The molecular formula is C15H25N3O2S. The zero-order valence-corrected chi connectivity index (χ0v) is 13.3. The first-order valence-electron chi connectivity index (χ1n) is 7.95. The summed E-state index contributed by atoms with van der Waals surface area (Å²) in [5.41, 5.74) is 5.67. The van der Waals surface area contributed by atoms with E-state index >= 15 is 0 Å². The van der Waals surface area contributed by atoms with Crippen LogP contribution in [0.15, 0.2) is 6.20 Å². The molecule has 6 heteroatoms. The van der Waals surface area contributed by atoms with Gasteiger partial charge in [0, 0.05) is 37.3 Å². The van der Waals surface area contributed by atoms with Crippen LogP contribution in [0.1, 0.15) is 37.0 Å². The van der Waals surface area contributed by atoms with Crippen molar-refractivity contribution in [2.45, 2.75) is 50.9 Å². The number of aromatic nitrogens is 1. The lowest BCUT2D eigenvalue weighted by Gasteiger charge is -2.32. The molecule has 3 heterocycles. The molecule has 2 fully saturated rings. The van der Waals surface area contributed by atoms with Gasteiger partial charge in [0.15, 0.2) is 5.13 Å². The second kappa shape index (κ2) is 7.54. The van der Waals surface area contributed by atoms with Crippen LogP contribution >= 0.6 is 11.3 Å². The molecule has 1 unspecified atom stereocenters. The van der Waals surface area contributed by atoms with Gasteiger partial charge in [0.05, 0.1) is 18.8 Å². The van der Waals surface area contributed by atoms with E-state index in [0.29, 0.717) is 17.3 Å². The lowest BCUT2D eigenvalue weighted by atomic mass is 10.1. The summed E-state index contributed by atoms with van der Waals surface area (Å²) in [7, 11) is 0. The van der Waals surface area contributed by atoms with Crippen molar-refractivity contribution in [1.29, 1.82) is 0 Å². The van der Waals surface area contributed by atoms with Crippen molar-refractivity contribution in [3.05, 3.63) is 11.1 Å². The van der Waals surface area contributed by atoms with E-state index in [1.165, 1.54) is 17.7 Å². The molecule has 21 heavy (non-hydrogen) atoms. The smallest absolute Gasteiger partial charge is 0.180 e. The minimum atomic E-state index is 0.331. The Bertz CT molecular complexity index is 426. The minimum Gasteiger partial charge on any atom is -0.376 e. The number of rotatable bonds is 5. The van der Waals surface area contributed by atoms with E-state index in [1.807, 2.05) is 6.20 Å². The Balaban J connectivity index is 1.34. The van der Waals surface area contributed by atoms with Gasteiger partial charge < -0.3 is 15.2 Å². The number of thiazole rings is 1. The van der Waals surface area contributed by atoms with Gasteiger partial charge in [0.1, 0.15) is 0 Å². The van der Waals surface area contributed by atoms with Crippen molar-refractivity contribution in [2.75, 3.05) is 32.0 Å². The molecule has 1 aromatic rings. The van der Waals surface area contributed by atoms with Crippen LogP contribution in [-0.2, 0) is 16.0 Å². The first-order chi connectivity index (χ1) is 10.3. The normalized spacial score (nSPS) is 25.2. The Morgan fingerprint density at radius 2 is 2.19 bits per heavy atom. The van der Waals surface area contributed by atoms with Crippen LogP contribution in [0.25, 0.3) is 0 Å². The van der Waals surface area contributed by atoms with E-state index in [-0.39, 0.29) is 0 Å². The first-order valence-corrected chi connectivity index (χ1v) is 8.77. The molecule has 0 aromatic carbocycles. The molecule has 0 amide bonds. The maximum atomic E-state index is 6.04. The summed E-state index contributed by atoms with van der Waals surface area (Å²) in [6, 6.07) is 0. The third-order valence-corrected chi connectivity index (χ3v) is 5.09. The molecular weight excluding hydrogens is 286 g/mol. The number of nitrogens with two attached hydrogens (primary N) is 1. The van der Waals surface area contributed by atoms with Crippen LogP contribution in [0.2, 0.25) is 0 Å². The van der Waals surface area contributed by atoms with E-state index in [1.54, 1.807) is 11.3 Å². The predicted octanol–water partition coefficient (Wildman–Crippen LogP) is 2.28. The molecule has 0 radical (unpaired) electrons. The van der Waals surface area contributed by atoms with Gasteiger partial charge in [-0.2, -0.15) is 0 Å². The van der Waals surface area contributed by atoms with Crippen molar-refractivity contribution >= 4 is 16.5 Å². The van der Waals surface area contributed by atoms with Gasteiger partial charge in [0.25, 0.3) is 0 Å². The summed E-state index contributed by atoms with van der Waals surface area (Å²) in [6.45, 7) is 4.83. The Morgan fingerprint density at radius 3 is 2.86 bits per heavy atom. The molecule has 0 saturated carbocycles. The topological polar surface area (TPSA) is 60.6 Å². The van der Waals surface area contributed by atoms with Crippen molar-refractivity contribution < 1.29 is 9.47 Å². The van der Waals surface area contributed by atoms with Gasteiger partial charge in [-0.05, 0) is 32.1 Å². The van der Waals surface area contributed by atoms with Crippen LogP contribution in [0.4, 0.5) is 5.13 Å². The lowest BCUT2D eigenvalue weighted by molar-refractivity contribution is -0.0753. The van der Waals surface area contributed by atoms with Crippen molar-refractivity contribution in [2.24, 2.45) is 0 Å². The second-order valence-corrected chi connectivity index (χ2v) is 7.11. The summed E-state index contributed by atoms with van der Waals surface area (Å²) in [6.07, 6.45) is 8.49. The standard InChI is InChI=1S/C15H25N3O2S/c16-15-17-9-14(21-15)10-18-6-4-12(5-7-18)20-11-13-3-1-2-8-19-13/h9,12-13H,1-8,10-11H2,(H2,16,17). The van der Waals surface area contributed by atoms with Crippen molar-refractivity contribution in [3.63, 3.8) is 0 Å². The molecule has 1 atom stereocenters. The van der Waals surface area contributed by atoms with Crippen LogP contribution in [0, 0.1) is 0 Å². The van der Waals surface area contributed by atoms with Gasteiger partial charge in [-0.3, -0.25) is 4.90 Å². The van der Waals surface area contributed by atoms with Crippen LogP contribution in [0.5, 0.6) is 0 Å². The van der Waals surface area contributed by atoms with Gasteiger partial charge in [0.2, 0.25) is 0 Å².